The Labute approximate surface area is 125 Å². The molecular formula is C16H21BF2O2. The Balaban J connectivity index is 1.78. The smallest absolute Gasteiger partial charge is 0.403 e. The molecule has 21 heavy (non-hydrogen) atoms. The molecule has 2 fully saturated rings. The summed E-state index contributed by atoms with van der Waals surface area (Å²) in [4.78, 5) is 0. The van der Waals surface area contributed by atoms with Crippen LogP contribution in [0.2, 0.25) is 5.82 Å². The fraction of sp³-hybridized carbons (Fsp3) is 0.625. The van der Waals surface area contributed by atoms with Crippen molar-refractivity contribution in [2.75, 3.05) is 0 Å². The van der Waals surface area contributed by atoms with Crippen LogP contribution in [0.5, 0.6) is 0 Å². The van der Waals surface area contributed by atoms with E-state index < -0.39 is 0 Å². The van der Waals surface area contributed by atoms with Gasteiger partial charge >= 0.3 is 7.12 Å². The van der Waals surface area contributed by atoms with E-state index in [0.29, 0.717) is 11.1 Å². The zero-order valence-corrected chi connectivity index (χ0v) is 13.2. The van der Waals surface area contributed by atoms with Gasteiger partial charge in [-0.1, -0.05) is 0 Å². The lowest BCUT2D eigenvalue weighted by atomic mass is 9.79. The highest BCUT2D eigenvalue weighted by Gasteiger charge is 2.60. The highest BCUT2D eigenvalue weighted by Crippen LogP contribution is 2.58. The molecule has 3 rings (SSSR count). The standard InChI is InChI=1S/C16H21BF2O2/c1-9-6-14(19)11(8-13(9)18)10-7-12(10)17-20-15(2,3)16(4,5)21-17/h6,8,10,12H,7H2,1-5H3. The third-order valence-corrected chi connectivity index (χ3v) is 5.14. The second kappa shape index (κ2) is 4.53. The van der Waals surface area contributed by atoms with E-state index in [1.807, 2.05) is 27.7 Å². The Hall–Kier alpha value is -0.935. The molecule has 2 aliphatic rings. The second-order valence-corrected chi connectivity index (χ2v) is 7.25. The van der Waals surface area contributed by atoms with Crippen molar-refractivity contribution in [1.82, 2.24) is 0 Å². The summed E-state index contributed by atoms with van der Waals surface area (Å²) in [5.74, 6) is -0.610. The molecule has 1 saturated carbocycles. The van der Waals surface area contributed by atoms with Crippen LogP contribution in [0.25, 0.3) is 0 Å². The average Bonchev–Trinajstić information content (AvgIpc) is 3.08. The molecule has 0 N–H and O–H groups in total. The normalized spacial score (nSPS) is 29.8. The Kier molecular flexibility index (Phi) is 3.23. The van der Waals surface area contributed by atoms with Crippen LogP contribution in [0.15, 0.2) is 12.1 Å². The first-order valence-corrected chi connectivity index (χ1v) is 7.43. The van der Waals surface area contributed by atoms with E-state index in [-0.39, 0.29) is 41.7 Å². The van der Waals surface area contributed by atoms with Gasteiger partial charge in [0, 0.05) is 5.82 Å². The van der Waals surface area contributed by atoms with E-state index in [1.54, 1.807) is 6.92 Å². The van der Waals surface area contributed by atoms with Gasteiger partial charge in [0.15, 0.2) is 0 Å². The molecule has 0 amide bonds. The molecule has 1 saturated heterocycles. The van der Waals surface area contributed by atoms with E-state index in [4.69, 9.17) is 9.31 Å². The average molecular weight is 294 g/mol. The van der Waals surface area contributed by atoms with Crippen LogP contribution in [0.1, 0.15) is 51.2 Å². The molecule has 1 aliphatic heterocycles. The SMILES string of the molecule is Cc1cc(F)c(C2CC2B2OC(C)(C)C(C)(C)O2)cc1F. The lowest BCUT2D eigenvalue weighted by Crippen LogP contribution is -2.41. The van der Waals surface area contributed by atoms with Crippen LogP contribution in [-0.4, -0.2) is 18.3 Å². The fourth-order valence-electron chi connectivity index (χ4n) is 2.88. The summed E-state index contributed by atoms with van der Waals surface area (Å²) in [5, 5.41) is 0. The molecule has 1 aromatic carbocycles. The topological polar surface area (TPSA) is 18.5 Å². The Morgan fingerprint density at radius 2 is 1.62 bits per heavy atom. The lowest BCUT2D eigenvalue weighted by molar-refractivity contribution is 0.00578. The molecule has 0 spiro atoms. The van der Waals surface area contributed by atoms with Gasteiger partial charge < -0.3 is 9.31 Å². The summed E-state index contributed by atoms with van der Waals surface area (Å²) in [6, 6.07) is 2.59. The van der Waals surface area contributed by atoms with Crippen molar-refractivity contribution in [3.8, 4) is 0 Å². The number of rotatable bonds is 2. The summed E-state index contributed by atoms with van der Waals surface area (Å²) in [6.45, 7) is 9.56. The maximum atomic E-state index is 14.0. The molecule has 114 valence electrons. The van der Waals surface area contributed by atoms with Crippen molar-refractivity contribution < 1.29 is 18.1 Å². The number of halogens is 2. The van der Waals surface area contributed by atoms with Crippen molar-refractivity contribution in [3.63, 3.8) is 0 Å². The Morgan fingerprint density at radius 3 is 2.19 bits per heavy atom. The van der Waals surface area contributed by atoms with Gasteiger partial charge in [0.1, 0.15) is 11.6 Å². The first-order chi connectivity index (χ1) is 9.62. The van der Waals surface area contributed by atoms with Crippen LogP contribution >= 0.6 is 0 Å². The molecule has 2 unspecified atom stereocenters. The molecule has 1 aromatic rings. The molecule has 1 heterocycles. The fourth-order valence-corrected chi connectivity index (χ4v) is 2.88. The largest absolute Gasteiger partial charge is 0.461 e. The van der Waals surface area contributed by atoms with Gasteiger partial charge in [0.25, 0.3) is 0 Å². The summed E-state index contributed by atoms with van der Waals surface area (Å²) < 4.78 is 39.7. The number of hydrogen-bond donors (Lipinski definition) is 0. The Morgan fingerprint density at radius 1 is 1.05 bits per heavy atom. The first kappa shape index (κ1) is 15.0. The van der Waals surface area contributed by atoms with E-state index in [0.717, 1.165) is 6.42 Å². The minimum atomic E-state index is -0.387. The molecule has 5 heteroatoms. The quantitative estimate of drug-likeness (QED) is 0.760. The van der Waals surface area contributed by atoms with Gasteiger partial charge in [0.05, 0.1) is 11.2 Å². The van der Waals surface area contributed by atoms with Gasteiger partial charge in [-0.2, -0.15) is 0 Å². The van der Waals surface area contributed by atoms with Crippen molar-refractivity contribution in [2.45, 2.75) is 64.0 Å². The molecule has 0 bridgehead atoms. The number of benzene rings is 1. The highest BCUT2D eigenvalue weighted by molar-refractivity contribution is 6.49. The highest BCUT2D eigenvalue weighted by atomic mass is 19.1. The molecule has 1 aliphatic carbocycles. The third-order valence-electron chi connectivity index (χ3n) is 5.14. The van der Waals surface area contributed by atoms with E-state index in [2.05, 4.69) is 0 Å². The van der Waals surface area contributed by atoms with Gasteiger partial charge in [-0.05, 0) is 70.2 Å². The third kappa shape index (κ3) is 2.40. The minimum Gasteiger partial charge on any atom is -0.403 e. The van der Waals surface area contributed by atoms with E-state index in [9.17, 15) is 8.78 Å². The zero-order chi connectivity index (χ0) is 15.6. The van der Waals surface area contributed by atoms with Crippen molar-refractivity contribution in [2.24, 2.45) is 0 Å². The maximum Gasteiger partial charge on any atom is 0.461 e. The van der Waals surface area contributed by atoms with Gasteiger partial charge in [0.2, 0.25) is 0 Å². The van der Waals surface area contributed by atoms with E-state index in [1.165, 1.54) is 12.1 Å². The van der Waals surface area contributed by atoms with Crippen LogP contribution in [0, 0.1) is 18.6 Å². The lowest BCUT2D eigenvalue weighted by Gasteiger charge is -2.32. The zero-order valence-electron chi connectivity index (χ0n) is 13.2. The monoisotopic (exact) mass is 294 g/mol. The molecule has 0 radical (unpaired) electrons. The summed E-state index contributed by atoms with van der Waals surface area (Å²) in [6.07, 6.45) is 0.774. The maximum absolute atomic E-state index is 14.0. The molecule has 2 atom stereocenters. The summed E-state index contributed by atoms with van der Waals surface area (Å²) >= 11 is 0. The van der Waals surface area contributed by atoms with Crippen molar-refractivity contribution in [3.05, 3.63) is 34.9 Å². The van der Waals surface area contributed by atoms with Gasteiger partial charge in [-0.3, -0.25) is 0 Å². The molecular weight excluding hydrogens is 273 g/mol. The van der Waals surface area contributed by atoms with Gasteiger partial charge in [-0.15, -0.1) is 0 Å². The summed E-state index contributed by atoms with van der Waals surface area (Å²) in [7, 11) is -0.344. The van der Waals surface area contributed by atoms with Crippen molar-refractivity contribution in [1.29, 1.82) is 0 Å². The van der Waals surface area contributed by atoms with Crippen molar-refractivity contribution >= 4 is 7.12 Å². The number of aryl methyl sites for hydroxylation is 1. The van der Waals surface area contributed by atoms with E-state index >= 15 is 0 Å². The molecule has 0 aromatic heterocycles. The Bertz CT molecular complexity index is 570. The van der Waals surface area contributed by atoms with Gasteiger partial charge in [-0.25, -0.2) is 8.78 Å². The minimum absolute atomic E-state index is 0.0187. The van der Waals surface area contributed by atoms with Crippen LogP contribution in [0.4, 0.5) is 8.78 Å². The molecule has 2 nitrogen and oxygen atoms in total. The van der Waals surface area contributed by atoms with Crippen LogP contribution in [0.3, 0.4) is 0 Å². The number of hydrogen-bond acceptors (Lipinski definition) is 2. The van der Waals surface area contributed by atoms with Crippen LogP contribution < -0.4 is 0 Å². The predicted octanol–water partition coefficient (Wildman–Crippen LogP) is 4.22. The predicted molar refractivity (Wildman–Crippen MR) is 78.3 cm³/mol. The van der Waals surface area contributed by atoms with Crippen LogP contribution in [-0.2, 0) is 9.31 Å². The first-order valence-electron chi connectivity index (χ1n) is 7.43. The summed E-state index contributed by atoms with van der Waals surface area (Å²) in [5.41, 5.74) is 0.00548. The second-order valence-electron chi connectivity index (χ2n) is 7.25.